The van der Waals surface area contributed by atoms with Crippen LogP contribution in [0.3, 0.4) is 0 Å². The molecule has 3 aromatic carbocycles. The zero-order valence-corrected chi connectivity index (χ0v) is 25.5. The summed E-state index contributed by atoms with van der Waals surface area (Å²) in [6, 6.07) is 19.2. The van der Waals surface area contributed by atoms with Crippen molar-refractivity contribution >= 4 is 27.5 Å². The highest BCUT2D eigenvalue weighted by Crippen LogP contribution is 2.28. The summed E-state index contributed by atoms with van der Waals surface area (Å²) in [4.78, 5) is 28.7. The first-order valence-corrected chi connectivity index (χ1v) is 14.7. The average Bonchev–Trinajstić information content (AvgIpc) is 2.93. The number of amides is 2. The van der Waals surface area contributed by atoms with Crippen LogP contribution in [-0.2, 0) is 26.2 Å². The van der Waals surface area contributed by atoms with Crippen LogP contribution in [-0.4, -0.2) is 57.5 Å². The predicted octanol–water partition coefficient (Wildman–Crippen LogP) is 4.54. The van der Waals surface area contributed by atoms with E-state index in [1.54, 1.807) is 68.6 Å². The maximum atomic E-state index is 14.1. The van der Waals surface area contributed by atoms with Gasteiger partial charge in [-0.05, 0) is 76.6 Å². The molecule has 0 unspecified atom stereocenters. The summed E-state index contributed by atoms with van der Waals surface area (Å²) in [5, 5.41) is 2.92. The van der Waals surface area contributed by atoms with Crippen LogP contribution in [0.4, 0.5) is 5.69 Å². The lowest BCUT2D eigenvalue weighted by Gasteiger charge is -2.33. The van der Waals surface area contributed by atoms with Crippen molar-refractivity contribution in [2.24, 2.45) is 0 Å². The fourth-order valence-electron chi connectivity index (χ4n) is 4.16. The number of aryl methyl sites for hydroxylation is 1. The zero-order valence-electron chi connectivity index (χ0n) is 24.7. The topological polar surface area (TPSA) is 105 Å². The Labute approximate surface area is 243 Å². The van der Waals surface area contributed by atoms with E-state index >= 15 is 0 Å². The number of anilines is 1. The Balaban J connectivity index is 2.07. The molecule has 0 saturated carbocycles. The van der Waals surface area contributed by atoms with Crippen LogP contribution in [0.2, 0.25) is 0 Å². The van der Waals surface area contributed by atoms with E-state index in [2.05, 4.69) is 5.32 Å². The third kappa shape index (κ3) is 8.23. The van der Waals surface area contributed by atoms with Gasteiger partial charge in [-0.25, -0.2) is 8.42 Å². The predicted molar refractivity (Wildman–Crippen MR) is 160 cm³/mol. The van der Waals surface area contributed by atoms with E-state index in [1.165, 1.54) is 24.1 Å². The molecule has 9 nitrogen and oxygen atoms in total. The van der Waals surface area contributed by atoms with Crippen LogP contribution in [0.1, 0.15) is 38.8 Å². The molecular weight excluding hydrogens is 542 g/mol. The van der Waals surface area contributed by atoms with Gasteiger partial charge in [-0.15, -0.1) is 0 Å². The molecule has 41 heavy (non-hydrogen) atoms. The Bertz CT molecular complexity index is 1470. The van der Waals surface area contributed by atoms with Crippen molar-refractivity contribution < 1.29 is 27.5 Å². The number of carbonyl (C=O) groups is 2. The van der Waals surface area contributed by atoms with Gasteiger partial charge < -0.3 is 19.7 Å². The van der Waals surface area contributed by atoms with Crippen molar-refractivity contribution in [1.29, 1.82) is 0 Å². The van der Waals surface area contributed by atoms with Crippen LogP contribution in [0.15, 0.2) is 77.7 Å². The number of sulfonamides is 1. The fourth-order valence-corrected chi connectivity index (χ4v) is 5.56. The van der Waals surface area contributed by atoms with Crippen molar-refractivity contribution in [3.8, 4) is 11.5 Å². The van der Waals surface area contributed by atoms with E-state index in [-0.39, 0.29) is 23.0 Å². The molecule has 220 valence electrons. The number of rotatable bonds is 11. The Morgan fingerprint density at radius 2 is 1.49 bits per heavy atom. The normalized spacial score (nSPS) is 12.3. The second kappa shape index (κ2) is 13.1. The number of nitrogens with one attached hydrogen (secondary N) is 1. The van der Waals surface area contributed by atoms with Gasteiger partial charge in [0.05, 0.1) is 24.8 Å². The third-order valence-electron chi connectivity index (χ3n) is 6.38. The molecule has 0 saturated heterocycles. The second-order valence-corrected chi connectivity index (χ2v) is 12.7. The van der Waals surface area contributed by atoms with Crippen molar-refractivity contribution in [3.05, 3.63) is 83.9 Å². The molecule has 1 atom stereocenters. The zero-order chi connectivity index (χ0) is 30.4. The molecule has 0 radical (unpaired) electrons. The van der Waals surface area contributed by atoms with Crippen molar-refractivity contribution in [2.75, 3.05) is 25.1 Å². The number of ether oxygens (including phenoxy) is 2. The van der Waals surface area contributed by atoms with E-state index in [1.807, 2.05) is 33.8 Å². The Morgan fingerprint density at radius 3 is 2.07 bits per heavy atom. The summed E-state index contributed by atoms with van der Waals surface area (Å²) in [5.41, 5.74) is 1.35. The van der Waals surface area contributed by atoms with Gasteiger partial charge in [0.1, 0.15) is 24.1 Å². The lowest BCUT2D eigenvalue weighted by Crippen LogP contribution is -2.54. The van der Waals surface area contributed by atoms with Crippen LogP contribution in [0, 0.1) is 6.92 Å². The van der Waals surface area contributed by atoms with Gasteiger partial charge in [0, 0.05) is 18.2 Å². The molecule has 3 rings (SSSR count). The third-order valence-corrected chi connectivity index (χ3v) is 8.17. The number of carbonyl (C=O) groups excluding carboxylic acids is 2. The first-order chi connectivity index (χ1) is 19.2. The highest BCUT2D eigenvalue weighted by molar-refractivity contribution is 7.92. The maximum absolute atomic E-state index is 14.1. The lowest BCUT2D eigenvalue weighted by molar-refractivity contribution is -0.140. The van der Waals surface area contributed by atoms with Gasteiger partial charge in [0.15, 0.2) is 0 Å². The average molecular weight is 582 g/mol. The van der Waals surface area contributed by atoms with Crippen LogP contribution in [0.25, 0.3) is 0 Å². The smallest absolute Gasteiger partial charge is 0.264 e. The Kier molecular flexibility index (Phi) is 10.0. The first-order valence-electron chi connectivity index (χ1n) is 13.2. The van der Waals surface area contributed by atoms with Crippen molar-refractivity contribution in [2.45, 2.75) is 57.6 Å². The molecule has 0 aliphatic heterocycles. The molecule has 3 aromatic rings. The SMILES string of the molecule is COc1cccc(CN(C(=O)CN(c2cccc(OC)c2)S(=O)(=O)c2ccc(C)cc2)[C@H](C)C(=O)NC(C)(C)C)c1. The molecule has 0 heterocycles. The van der Waals surface area contributed by atoms with E-state index in [4.69, 9.17) is 9.47 Å². The standard InChI is InChI=1S/C31H39N3O6S/c1-22-14-16-28(17-15-22)41(37,38)34(25-11-9-13-27(19-25)40-7)21-29(35)33(23(2)30(36)32-31(3,4)5)20-24-10-8-12-26(18-24)39-6/h8-19,23H,20-21H2,1-7H3,(H,32,36)/t23-/m1/s1. The highest BCUT2D eigenvalue weighted by Gasteiger charge is 2.33. The summed E-state index contributed by atoms with van der Waals surface area (Å²) in [6.45, 7) is 8.56. The summed E-state index contributed by atoms with van der Waals surface area (Å²) in [6.07, 6.45) is 0. The molecule has 0 bridgehead atoms. The van der Waals surface area contributed by atoms with E-state index < -0.39 is 34.1 Å². The Morgan fingerprint density at radius 1 is 0.902 bits per heavy atom. The van der Waals surface area contributed by atoms with Crippen LogP contribution >= 0.6 is 0 Å². The van der Waals surface area contributed by atoms with Gasteiger partial charge in [-0.1, -0.05) is 35.9 Å². The van der Waals surface area contributed by atoms with E-state index in [0.717, 1.165) is 15.4 Å². The second-order valence-electron chi connectivity index (χ2n) is 10.8. The summed E-state index contributed by atoms with van der Waals surface area (Å²) in [5.74, 6) is 0.123. The van der Waals surface area contributed by atoms with Crippen LogP contribution in [0.5, 0.6) is 11.5 Å². The van der Waals surface area contributed by atoms with Gasteiger partial charge in [0.25, 0.3) is 10.0 Å². The van der Waals surface area contributed by atoms with Crippen LogP contribution < -0.4 is 19.1 Å². The molecule has 0 aromatic heterocycles. The molecule has 0 fully saturated rings. The fraction of sp³-hybridized carbons (Fsp3) is 0.355. The molecule has 0 aliphatic rings. The van der Waals surface area contributed by atoms with Crippen molar-refractivity contribution in [1.82, 2.24) is 10.2 Å². The number of hydrogen-bond acceptors (Lipinski definition) is 6. The minimum Gasteiger partial charge on any atom is -0.497 e. The van der Waals surface area contributed by atoms with E-state index in [0.29, 0.717) is 11.5 Å². The molecule has 10 heteroatoms. The lowest BCUT2D eigenvalue weighted by atomic mass is 10.1. The minimum atomic E-state index is -4.17. The number of nitrogens with zero attached hydrogens (tertiary/aromatic N) is 2. The largest absolute Gasteiger partial charge is 0.497 e. The van der Waals surface area contributed by atoms with Gasteiger partial charge in [-0.3, -0.25) is 13.9 Å². The molecule has 2 amide bonds. The number of methoxy groups -OCH3 is 2. The highest BCUT2D eigenvalue weighted by atomic mass is 32.2. The van der Waals surface area contributed by atoms with E-state index in [9.17, 15) is 18.0 Å². The maximum Gasteiger partial charge on any atom is 0.264 e. The molecule has 0 spiro atoms. The quantitative estimate of drug-likeness (QED) is 0.357. The number of hydrogen-bond donors (Lipinski definition) is 1. The summed E-state index contributed by atoms with van der Waals surface area (Å²) >= 11 is 0. The van der Waals surface area contributed by atoms with Crippen molar-refractivity contribution in [3.63, 3.8) is 0 Å². The Hall–Kier alpha value is -4.05. The summed E-state index contributed by atoms with van der Waals surface area (Å²) in [7, 11) is -1.15. The van der Waals surface area contributed by atoms with Gasteiger partial charge in [-0.2, -0.15) is 0 Å². The molecule has 1 N–H and O–H groups in total. The molecule has 0 aliphatic carbocycles. The monoisotopic (exact) mass is 581 g/mol. The summed E-state index contributed by atoms with van der Waals surface area (Å²) < 4.78 is 39.6. The first kappa shape index (κ1) is 31.5. The van der Waals surface area contributed by atoms with Gasteiger partial charge >= 0.3 is 0 Å². The number of benzene rings is 3. The van der Waals surface area contributed by atoms with Gasteiger partial charge in [0.2, 0.25) is 11.8 Å². The minimum absolute atomic E-state index is 0.0385. The molecular formula is C31H39N3O6S.